The lowest BCUT2D eigenvalue weighted by Gasteiger charge is -2.22. The third-order valence-electron chi connectivity index (χ3n) is 4.52. The van der Waals surface area contributed by atoms with Gasteiger partial charge in [0.2, 0.25) is 0 Å². The molecule has 0 amide bonds. The maximum absolute atomic E-state index is 5.49. The van der Waals surface area contributed by atoms with Crippen molar-refractivity contribution in [2.75, 3.05) is 13.2 Å². The summed E-state index contributed by atoms with van der Waals surface area (Å²) in [4.78, 5) is 0. The molecule has 0 radical (unpaired) electrons. The Morgan fingerprint density at radius 1 is 0.682 bits per heavy atom. The van der Waals surface area contributed by atoms with Gasteiger partial charge in [0.25, 0.3) is 0 Å². The van der Waals surface area contributed by atoms with E-state index in [1.54, 1.807) is 0 Å². The number of ether oxygens (including phenoxy) is 2. The Morgan fingerprint density at radius 3 is 1.50 bits per heavy atom. The topological polar surface area (TPSA) is 18.5 Å². The van der Waals surface area contributed by atoms with Crippen molar-refractivity contribution < 1.29 is 9.47 Å². The molecule has 2 heteroatoms. The van der Waals surface area contributed by atoms with Crippen LogP contribution in [0.25, 0.3) is 0 Å². The summed E-state index contributed by atoms with van der Waals surface area (Å²) in [5.74, 6) is 3.48. The van der Waals surface area contributed by atoms with Crippen molar-refractivity contribution in [2.45, 2.75) is 38.5 Å². The zero-order chi connectivity index (χ0) is 15.4. The lowest BCUT2D eigenvalue weighted by Crippen LogP contribution is -2.11. The minimum Gasteiger partial charge on any atom is -0.493 e. The molecule has 0 spiro atoms. The van der Waals surface area contributed by atoms with E-state index in [1.807, 2.05) is 24.3 Å². The van der Waals surface area contributed by atoms with Crippen molar-refractivity contribution in [1.29, 1.82) is 0 Å². The molecule has 0 saturated heterocycles. The van der Waals surface area contributed by atoms with E-state index < -0.39 is 0 Å². The first-order chi connectivity index (χ1) is 10.8. The quantitative estimate of drug-likeness (QED) is 0.669. The summed E-state index contributed by atoms with van der Waals surface area (Å²) >= 11 is 0. The fraction of sp³-hybridized carbons (Fsp3) is 0.400. The molecule has 22 heavy (non-hydrogen) atoms. The lowest BCUT2D eigenvalue weighted by atomic mass is 9.95. The standard InChI is InChI=1S/2C10H12O/c2*1-8-6-7-11-10-5-3-2-4-9(8)10/h2*2-5,8H,6-7H2,1H3. The molecule has 0 fully saturated rings. The highest BCUT2D eigenvalue weighted by atomic mass is 16.5. The van der Waals surface area contributed by atoms with Gasteiger partial charge in [-0.15, -0.1) is 0 Å². The third kappa shape index (κ3) is 3.27. The second kappa shape index (κ2) is 6.87. The number of fused-ring (bicyclic) bond motifs is 2. The highest BCUT2D eigenvalue weighted by molar-refractivity contribution is 5.37. The highest BCUT2D eigenvalue weighted by Gasteiger charge is 2.16. The largest absolute Gasteiger partial charge is 0.493 e. The first-order valence-electron chi connectivity index (χ1n) is 8.19. The first-order valence-corrected chi connectivity index (χ1v) is 8.19. The predicted molar refractivity (Wildman–Crippen MR) is 89.9 cm³/mol. The molecule has 0 bridgehead atoms. The van der Waals surface area contributed by atoms with Gasteiger partial charge in [-0.05, 0) is 47.9 Å². The zero-order valence-corrected chi connectivity index (χ0v) is 13.4. The lowest BCUT2D eigenvalue weighted by molar-refractivity contribution is 0.272. The molecule has 4 rings (SSSR count). The molecule has 2 aromatic carbocycles. The Hall–Kier alpha value is -1.96. The summed E-state index contributed by atoms with van der Waals surface area (Å²) in [5, 5.41) is 0. The summed E-state index contributed by atoms with van der Waals surface area (Å²) < 4.78 is 11.0. The van der Waals surface area contributed by atoms with E-state index in [4.69, 9.17) is 9.47 Å². The number of benzene rings is 2. The summed E-state index contributed by atoms with van der Waals surface area (Å²) in [6, 6.07) is 16.6. The minimum atomic E-state index is 0.667. The molecule has 2 heterocycles. The molecule has 2 nitrogen and oxygen atoms in total. The van der Waals surface area contributed by atoms with Crippen LogP contribution < -0.4 is 9.47 Å². The van der Waals surface area contributed by atoms with Gasteiger partial charge in [-0.2, -0.15) is 0 Å². The number of rotatable bonds is 0. The minimum absolute atomic E-state index is 0.667. The monoisotopic (exact) mass is 296 g/mol. The van der Waals surface area contributed by atoms with Gasteiger partial charge in [-0.3, -0.25) is 0 Å². The van der Waals surface area contributed by atoms with Gasteiger partial charge in [0, 0.05) is 0 Å². The second-order valence-electron chi connectivity index (χ2n) is 6.15. The third-order valence-corrected chi connectivity index (χ3v) is 4.52. The fourth-order valence-corrected chi connectivity index (χ4v) is 3.04. The highest BCUT2D eigenvalue weighted by Crippen LogP contribution is 2.33. The Labute approximate surface area is 133 Å². The zero-order valence-electron chi connectivity index (χ0n) is 13.4. The molecule has 0 aromatic heterocycles. The van der Waals surface area contributed by atoms with Gasteiger partial charge in [0.1, 0.15) is 11.5 Å². The molecular weight excluding hydrogens is 272 g/mol. The van der Waals surface area contributed by atoms with Crippen molar-refractivity contribution in [2.24, 2.45) is 0 Å². The fourth-order valence-electron chi connectivity index (χ4n) is 3.04. The molecule has 2 unspecified atom stereocenters. The van der Waals surface area contributed by atoms with Crippen molar-refractivity contribution in [3.05, 3.63) is 59.7 Å². The van der Waals surface area contributed by atoms with Crippen LogP contribution in [-0.4, -0.2) is 13.2 Å². The van der Waals surface area contributed by atoms with Crippen LogP contribution in [-0.2, 0) is 0 Å². The molecule has 116 valence electrons. The van der Waals surface area contributed by atoms with Crippen molar-refractivity contribution >= 4 is 0 Å². The van der Waals surface area contributed by atoms with Crippen molar-refractivity contribution in [3.8, 4) is 11.5 Å². The number of para-hydroxylation sites is 2. The van der Waals surface area contributed by atoms with Crippen molar-refractivity contribution in [1.82, 2.24) is 0 Å². The number of hydrogen-bond donors (Lipinski definition) is 0. The van der Waals surface area contributed by atoms with E-state index in [0.717, 1.165) is 37.6 Å². The summed E-state index contributed by atoms with van der Waals surface area (Å²) in [7, 11) is 0. The summed E-state index contributed by atoms with van der Waals surface area (Å²) in [6.45, 7) is 6.25. The molecule has 0 saturated carbocycles. The SMILES string of the molecule is CC1CCOc2ccccc21.CC1CCOc2ccccc21. The summed E-state index contributed by atoms with van der Waals surface area (Å²) in [6.07, 6.45) is 2.30. The molecule has 2 aliphatic heterocycles. The second-order valence-corrected chi connectivity index (χ2v) is 6.15. The van der Waals surface area contributed by atoms with Crippen LogP contribution in [0.15, 0.2) is 48.5 Å². The molecular formula is C20H24O2. The van der Waals surface area contributed by atoms with Gasteiger partial charge in [-0.25, -0.2) is 0 Å². The number of hydrogen-bond acceptors (Lipinski definition) is 2. The van der Waals surface area contributed by atoms with Crippen LogP contribution in [0.5, 0.6) is 11.5 Å². The van der Waals surface area contributed by atoms with Gasteiger partial charge in [-0.1, -0.05) is 50.2 Å². The molecule has 2 aromatic rings. The van der Waals surface area contributed by atoms with Crippen LogP contribution in [0.4, 0.5) is 0 Å². The smallest absolute Gasteiger partial charge is 0.122 e. The Kier molecular flexibility index (Phi) is 4.67. The van der Waals surface area contributed by atoms with Crippen LogP contribution in [0, 0.1) is 0 Å². The maximum Gasteiger partial charge on any atom is 0.122 e. The summed E-state index contributed by atoms with van der Waals surface area (Å²) in [5.41, 5.74) is 2.72. The van der Waals surface area contributed by atoms with Crippen LogP contribution >= 0.6 is 0 Å². The normalized spacial score (nSPS) is 22.1. The van der Waals surface area contributed by atoms with Gasteiger partial charge in [0.15, 0.2) is 0 Å². The average Bonchev–Trinajstić information content (AvgIpc) is 2.57. The van der Waals surface area contributed by atoms with Gasteiger partial charge >= 0.3 is 0 Å². The molecule has 2 aliphatic rings. The Balaban J connectivity index is 0.000000131. The predicted octanol–water partition coefficient (Wildman–Crippen LogP) is 5.15. The molecule has 0 aliphatic carbocycles. The van der Waals surface area contributed by atoms with Crippen molar-refractivity contribution in [3.63, 3.8) is 0 Å². The van der Waals surface area contributed by atoms with E-state index in [0.29, 0.717) is 11.8 Å². The average molecular weight is 296 g/mol. The van der Waals surface area contributed by atoms with E-state index in [2.05, 4.69) is 38.1 Å². The van der Waals surface area contributed by atoms with Gasteiger partial charge < -0.3 is 9.47 Å². The molecule has 0 N–H and O–H groups in total. The van der Waals surface area contributed by atoms with E-state index in [1.165, 1.54) is 11.1 Å². The van der Waals surface area contributed by atoms with E-state index in [9.17, 15) is 0 Å². The van der Waals surface area contributed by atoms with E-state index in [-0.39, 0.29) is 0 Å². The first kappa shape index (κ1) is 15.0. The Morgan fingerprint density at radius 2 is 1.09 bits per heavy atom. The maximum atomic E-state index is 5.49. The Bertz CT molecular complexity index is 565. The van der Waals surface area contributed by atoms with Gasteiger partial charge in [0.05, 0.1) is 13.2 Å². The van der Waals surface area contributed by atoms with Crippen LogP contribution in [0.2, 0.25) is 0 Å². The van der Waals surface area contributed by atoms with E-state index >= 15 is 0 Å². The van der Waals surface area contributed by atoms with Crippen LogP contribution in [0.1, 0.15) is 49.7 Å². The van der Waals surface area contributed by atoms with Crippen LogP contribution in [0.3, 0.4) is 0 Å². The molecule has 2 atom stereocenters.